The Morgan fingerprint density at radius 2 is 2.45 bits per heavy atom. The van der Waals surface area contributed by atoms with E-state index < -0.39 is 0 Å². The summed E-state index contributed by atoms with van der Waals surface area (Å²) in [6.45, 7) is 2.46. The molecule has 106 valence electrons. The minimum Gasteiger partial charge on any atom is -0.368 e. The zero-order chi connectivity index (χ0) is 14.1. The molecule has 5 nitrogen and oxygen atoms in total. The van der Waals surface area contributed by atoms with Crippen LogP contribution in [0.4, 0.5) is 5.00 Å². The lowest BCUT2D eigenvalue weighted by Gasteiger charge is -2.21. The molecule has 1 amide bonds. The van der Waals surface area contributed by atoms with Crippen molar-refractivity contribution < 1.29 is 9.53 Å². The summed E-state index contributed by atoms with van der Waals surface area (Å²) in [4.78, 5) is 15.5. The van der Waals surface area contributed by atoms with Gasteiger partial charge in [-0.2, -0.15) is 5.26 Å². The molecule has 3 heterocycles. The van der Waals surface area contributed by atoms with Crippen molar-refractivity contribution in [2.45, 2.75) is 31.9 Å². The molecule has 1 fully saturated rings. The van der Waals surface area contributed by atoms with Gasteiger partial charge in [0.2, 0.25) is 0 Å². The molecular weight excluding hydrogens is 274 g/mol. The molecule has 0 bridgehead atoms. The number of thiophene rings is 1. The van der Waals surface area contributed by atoms with E-state index in [0.717, 1.165) is 37.9 Å². The van der Waals surface area contributed by atoms with Gasteiger partial charge in [-0.05, 0) is 31.9 Å². The quantitative estimate of drug-likeness (QED) is 0.901. The Kier molecular flexibility index (Phi) is 3.74. The average molecular weight is 291 g/mol. The molecular formula is C14H17N3O2S. The zero-order valence-corrected chi connectivity index (χ0v) is 12.3. The number of rotatable bonds is 2. The first-order valence-corrected chi connectivity index (χ1v) is 7.66. The van der Waals surface area contributed by atoms with Gasteiger partial charge in [-0.25, -0.2) is 0 Å². The van der Waals surface area contributed by atoms with E-state index in [2.05, 4.69) is 23.3 Å². The number of amides is 1. The second-order valence-electron chi connectivity index (χ2n) is 5.30. The maximum absolute atomic E-state index is 12.1. The summed E-state index contributed by atoms with van der Waals surface area (Å²) in [6.07, 6.45) is 2.21. The van der Waals surface area contributed by atoms with Crippen LogP contribution in [-0.2, 0) is 22.5 Å². The Morgan fingerprint density at radius 3 is 3.15 bits per heavy atom. The molecule has 0 unspecified atom stereocenters. The van der Waals surface area contributed by atoms with Gasteiger partial charge in [0.05, 0.1) is 5.56 Å². The van der Waals surface area contributed by atoms with Crippen LogP contribution in [0.2, 0.25) is 0 Å². The summed E-state index contributed by atoms with van der Waals surface area (Å²) in [5.74, 6) is -0.119. The number of nitriles is 1. The van der Waals surface area contributed by atoms with Gasteiger partial charge in [0.1, 0.15) is 17.2 Å². The number of likely N-dealkylation sites (N-methyl/N-ethyl adjacent to an activating group) is 1. The molecule has 20 heavy (non-hydrogen) atoms. The topological polar surface area (TPSA) is 65.4 Å². The molecule has 0 aliphatic carbocycles. The number of nitrogens with zero attached hydrogens (tertiary/aromatic N) is 2. The van der Waals surface area contributed by atoms with Crippen LogP contribution in [0, 0.1) is 11.3 Å². The summed E-state index contributed by atoms with van der Waals surface area (Å²) in [5, 5.41) is 12.9. The third-order valence-electron chi connectivity index (χ3n) is 3.82. The van der Waals surface area contributed by atoms with Gasteiger partial charge in [-0.3, -0.25) is 4.79 Å². The molecule has 1 N–H and O–H groups in total. The SMILES string of the molecule is CN1CCc2c(sc(NC(=O)[C@H]3CCCO3)c2C#N)C1. The molecule has 1 atom stereocenters. The van der Waals surface area contributed by atoms with Crippen molar-refractivity contribution in [2.24, 2.45) is 0 Å². The van der Waals surface area contributed by atoms with E-state index in [1.807, 2.05) is 0 Å². The van der Waals surface area contributed by atoms with Gasteiger partial charge in [-0.1, -0.05) is 0 Å². The summed E-state index contributed by atoms with van der Waals surface area (Å²) >= 11 is 1.53. The van der Waals surface area contributed by atoms with Crippen LogP contribution < -0.4 is 5.32 Å². The minimum absolute atomic E-state index is 0.119. The molecule has 6 heteroatoms. The third-order valence-corrected chi connectivity index (χ3v) is 4.95. The van der Waals surface area contributed by atoms with Gasteiger partial charge >= 0.3 is 0 Å². The number of carbonyl (C=O) groups excluding carboxylic acids is 1. The molecule has 0 aromatic carbocycles. The van der Waals surface area contributed by atoms with Gasteiger partial charge in [0.25, 0.3) is 5.91 Å². The molecule has 1 saturated heterocycles. The monoisotopic (exact) mass is 291 g/mol. The minimum atomic E-state index is -0.358. The highest BCUT2D eigenvalue weighted by Crippen LogP contribution is 2.36. The first-order valence-electron chi connectivity index (χ1n) is 6.84. The zero-order valence-electron chi connectivity index (χ0n) is 11.4. The molecule has 2 aliphatic rings. The smallest absolute Gasteiger partial charge is 0.254 e. The highest BCUT2D eigenvalue weighted by molar-refractivity contribution is 7.16. The van der Waals surface area contributed by atoms with Crippen LogP contribution in [0.3, 0.4) is 0 Å². The highest BCUT2D eigenvalue weighted by atomic mass is 32.1. The number of hydrogen-bond donors (Lipinski definition) is 1. The normalized spacial score (nSPS) is 22.3. The van der Waals surface area contributed by atoms with Crippen LogP contribution in [0.25, 0.3) is 0 Å². The van der Waals surface area contributed by atoms with Crippen molar-refractivity contribution in [3.63, 3.8) is 0 Å². The van der Waals surface area contributed by atoms with E-state index in [-0.39, 0.29) is 12.0 Å². The largest absolute Gasteiger partial charge is 0.368 e. The van der Waals surface area contributed by atoms with Crippen LogP contribution in [-0.4, -0.2) is 37.1 Å². The summed E-state index contributed by atoms with van der Waals surface area (Å²) in [6, 6.07) is 2.25. The maximum atomic E-state index is 12.1. The first-order chi connectivity index (χ1) is 9.69. The molecule has 0 saturated carbocycles. The van der Waals surface area contributed by atoms with Gasteiger partial charge < -0.3 is 15.0 Å². The van der Waals surface area contributed by atoms with E-state index in [9.17, 15) is 10.1 Å². The number of hydrogen-bond acceptors (Lipinski definition) is 5. The highest BCUT2D eigenvalue weighted by Gasteiger charge is 2.27. The average Bonchev–Trinajstić information content (AvgIpc) is 3.04. The Balaban J connectivity index is 1.83. The first kappa shape index (κ1) is 13.6. The van der Waals surface area contributed by atoms with Gasteiger partial charge in [0.15, 0.2) is 0 Å². The van der Waals surface area contributed by atoms with Crippen LogP contribution >= 0.6 is 11.3 Å². The molecule has 2 aliphatic heterocycles. The Labute approximate surface area is 122 Å². The number of fused-ring (bicyclic) bond motifs is 1. The fourth-order valence-corrected chi connectivity index (χ4v) is 4.00. The number of anilines is 1. The van der Waals surface area contributed by atoms with Crippen molar-refractivity contribution in [1.29, 1.82) is 5.26 Å². The number of ether oxygens (including phenoxy) is 1. The Bertz CT molecular complexity index is 570. The van der Waals surface area contributed by atoms with Gasteiger partial charge in [0, 0.05) is 24.6 Å². The van der Waals surface area contributed by atoms with E-state index in [1.165, 1.54) is 16.2 Å². The maximum Gasteiger partial charge on any atom is 0.254 e. The third kappa shape index (κ3) is 2.44. The van der Waals surface area contributed by atoms with Crippen LogP contribution in [0.15, 0.2) is 0 Å². The Hall–Kier alpha value is -1.42. The van der Waals surface area contributed by atoms with Crippen molar-refractivity contribution in [3.05, 3.63) is 16.0 Å². The van der Waals surface area contributed by atoms with Crippen molar-refractivity contribution in [1.82, 2.24) is 4.90 Å². The predicted octanol–water partition coefficient (Wildman–Crippen LogP) is 1.73. The lowest BCUT2D eigenvalue weighted by molar-refractivity contribution is -0.124. The van der Waals surface area contributed by atoms with E-state index in [1.54, 1.807) is 0 Å². The lowest BCUT2D eigenvalue weighted by Crippen LogP contribution is -2.26. The molecule has 1 aromatic rings. The van der Waals surface area contributed by atoms with E-state index in [0.29, 0.717) is 17.2 Å². The summed E-state index contributed by atoms with van der Waals surface area (Å²) in [5.41, 5.74) is 1.75. The summed E-state index contributed by atoms with van der Waals surface area (Å²) < 4.78 is 5.38. The van der Waals surface area contributed by atoms with Crippen molar-refractivity contribution in [3.8, 4) is 6.07 Å². The number of carbonyl (C=O) groups is 1. The predicted molar refractivity (Wildman–Crippen MR) is 76.7 cm³/mol. The van der Waals surface area contributed by atoms with Crippen molar-refractivity contribution >= 4 is 22.2 Å². The van der Waals surface area contributed by atoms with Crippen molar-refractivity contribution in [2.75, 3.05) is 25.5 Å². The van der Waals surface area contributed by atoms with Crippen LogP contribution in [0.1, 0.15) is 28.8 Å². The standard InChI is InChI=1S/C14H17N3O2S/c1-17-5-4-9-10(7-15)14(20-12(9)8-17)16-13(18)11-3-2-6-19-11/h11H,2-6,8H2,1H3,(H,16,18)/t11-/m1/s1. The van der Waals surface area contributed by atoms with Gasteiger partial charge in [-0.15, -0.1) is 11.3 Å². The van der Waals surface area contributed by atoms with E-state index in [4.69, 9.17) is 4.74 Å². The molecule has 1 aromatic heterocycles. The van der Waals surface area contributed by atoms with Crippen LogP contribution in [0.5, 0.6) is 0 Å². The lowest BCUT2D eigenvalue weighted by atomic mass is 10.0. The Morgan fingerprint density at radius 1 is 1.60 bits per heavy atom. The fraction of sp³-hybridized carbons (Fsp3) is 0.571. The second-order valence-corrected chi connectivity index (χ2v) is 6.40. The second kappa shape index (κ2) is 5.52. The fourth-order valence-electron chi connectivity index (χ4n) is 2.71. The molecule has 0 radical (unpaired) electrons. The summed E-state index contributed by atoms with van der Waals surface area (Å²) in [7, 11) is 2.07. The van der Waals surface area contributed by atoms with E-state index >= 15 is 0 Å². The molecule has 3 rings (SSSR count). The number of nitrogens with one attached hydrogen (secondary N) is 1. The molecule has 0 spiro atoms.